The van der Waals surface area contributed by atoms with Crippen LogP contribution >= 0.6 is 0 Å². The van der Waals surface area contributed by atoms with Crippen LogP contribution in [0.2, 0.25) is 0 Å². The van der Waals surface area contributed by atoms with Crippen molar-refractivity contribution in [2.24, 2.45) is 5.92 Å². The molecular weight excluding hydrogens is 685 g/mol. The van der Waals surface area contributed by atoms with Crippen LogP contribution in [0.15, 0.2) is 67.3 Å². The number of carbonyl (C=O) groups is 3. The molecule has 3 aromatic heterocycles. The van der Waals surface area contributed by atoms with Crippen molar-refractivity contribution in [3.05, 3.63) is 90.2 Å². The van der Waals surface area contributed by atoms with Crippen LogP contribution < -0.4 is 5.32 Å². The summed E-state index contributed by atoms with van der Waals surface area (Å²) in [5.41, 5.74) is 5.04. The molecule has 0 saturated carbocycles. The van der Waals surface area contributed by atoms with E-state index in [9.17, 15) is 14.4 Å². The molecule has 2 aliphatic rings. The molecule has 0 unspecified atom stereocenters. The average molecular weight is 735 g/mol. The van der Waals surface area contributed by atoms with Crippen LogP contribution in [-0.4, -0.2) is 84.7 Å². The molecule has 1 aromatic carbocycles. The van der Waals surface area contributed by atoms with Crippen LogP contribution in [0.1, 0.15) is 95.3 Å². The molecule has 284 valence electrons. The van der Waals surface area contributed by atoms with E-state index in [1.807, 2.05) is 82.1 Å². The highest BCUT2D eigenvalue weighted by Crippen LogP contribution is 2.35. The first-order chi connectivity index (χ1) is 25.9. The third-order valence-corrected chi connectivity index (χ3v) is 9.65. The summed E-state index contributed by atoms with van der Waals surface area (Å²) in [6.07, 6.45) is 17.5. The number of nitrogens with zero attached hydrogens (tertiary/aromatic N) is 5. The van der Waals surface area contributed by atoms with Crippen LogP contribution in [0.3, 0.4) is 0 Å². The maximum absolute atomic E-state index is 13.6. The van der Waals surface area contributed by atoms with Crippen molar-refractivity contribution in [2.45, 2.75) is 84.0 Å². The summed E-state index contributed by atoms with van der Waals surface area (Å²) in [5.74, 6) is 1.20. The molecule has 4 aromatic rings. The van der Waals surface area contributed by atoms with Crippen molar-refractivity contribution in [3.63, 3.8) is 0 Å². The molecule has 13 heteroatoms. The summed E-state index contributed by atoms with van der Waals surface area (Å²) < 4.78 is 10.4. The fourth-order valence-corrected chi connectivity index (χ4v) is 7.00. The van der Waals surface area contributed by atoms with Crippen LogP contribution in [0.25, 0.3) is 34.5 Å². The number of alkyl carbamates (subject to hydrolysis) is 1. The Balaban J connectivity index is 1.18. The van der Waals surface area contributed by atoms with Gasteiger partial charge in [-0.05, 0) is 81.7 Å². The van der Waals surface area contributed by atoms with E-state index in [0.29, 0.717) is 18.9 Å². The van der Waals surface area contributed by atoms with Gasteiger partial charge in [-0.1, -0.05) is 50.3 Å². The lowest BCUT2D eigenvalue weighted by Crippen LogP contribution is -2.51. The van der Waals surface area contributed by atoms with Gasteiger partial charge in [0.1, 0.15) is 23.3 Å². The number of hydrogen-bond donors (Lipinski definition) is 3. The maximum atomic E-state index is 13.6. The quantitative estimate of drug-likeness (QED) is 0.140. The Hall–Kier alpha value is -5.72. The molecule has 2 fully saturated rings. The van der Waals surface area contributed by atoms with E-state index in [1.165, 1.54) is 7.11 Å². The number of H-pyrrole nitrogens is 2. The van der Waals surface area contributed by atoms with E-state index in [1.54, 1.807) is 23.5 Å². The van der Waals surface area contributed by atoms with E-state index in [0.717, 1.165) is 65.1 Å². The molecule has 0 aliphatic carbocycles. The second-order valence-corrected chi connectivity index (χ2v) is 15.0. The lowest BCUT2D eigenvalue weighted by atomic mass is 9.97. The number of amides is 3. The molecule has 3 amide bonds. The highest BCUT2D eigenvalue weighted by atomic mass is 16.6. The van der Waals surface area contributed by atoms with Crippen LogP contribution in [0.5, 0.6) is 0 Å². The van der Waals surface area contributed by atoms with Gasteiger partial charge in [0, 0.05) is 36.6 Å². The smallest absolute Gasteiger partial charge is 0.410 e. The van der Waals surface area contributed by atoms with Gasteiger partial charge in [0.05, 0.1) is 43.0 Å². The monoisotopic (exact) mass is 734 g/mol. The minimum absolute atomic E-state index is 0.113. The summed E-state index contributed by atoms with van der Waals surface area (Å²) in [7, 11) is 1.29. The van der Waals surface area contributed by atoms with Gasteiger partial charge in [-0.25, -0.2) is 19.6 Å². The van der Waals surface area contributed by atoms with Gasteiger partial charge in [-0.2, -0.15) is 0 Å². The second-order valence-electron chi connectivity index (χ2n) is 15.0. The number of hydrogen-bond acceptors (Lipinski definition) is 8. The molecular formula is C41H50N8O5. The Labute approximate surface area is 316 Å². The SMILES string of the molecule is COC(=O)N[C@H](C(=O)N1CCC[C@H]1c1ncc(-c2ccc(C=CC=Cc3cnc([C@@H]4CCCN4C(=O)OC(C)(C)C)[nH]3)c(-c3cccnc3)c2)[nH]1)C(C)C. The Morgan fingerprint density at radius 2 is 1.61 bits per heavy atom. The Kier molecular flexibility index (Phi) is 11.6. The maximum Gasteiger partial charge on any atom is 0.410 e. The third-order valence-electron chi connectivity index (χ3n) is 9.65. The highest BCUT2D eigenvalue weighted by molar-refractivity contribution is 5.86. The van der Waals surface area contributed by atoms with Gasteiger partial charge in [0.2, 0.25) is 5.91 Å². The second kappa shape index (κ2) is 16.5. The average Bonchev–Trinajstić information content (AvgIpc) is 3.98. The van der Waals surface area contributed by atoms with Gasteiger partial charge in [0.25, 0.3) is 0 Å². The van der Waals surface area contributed by atoms with Crippen molar-refractivity contribution in [3.8, 4) is 22.4 Å². The molecule has 2 saturated heterocycles. The molecule has 2 aliphatic heterocycles. The summed E-state index contributed by atoms with van der Waals surface area (Å²) in [6.45, 7) is 10.6. The van der Waals surface area contributed by atoms with E-state index >= 15 is 0 Å². The summed E-state index contributed by atoms with van der Waals surface area (Å²) in [4.78, 5) is 62.5. The zero-order chi connectivity index (χ0) is 38.4. The van der Waals surface area contributed by atoms with Crippen LogP contribution in [0, 0.1) is 5.92 Å². The van der Waals surface area contributed by atoms with E-state index in [2.05, 4.69) is 43.5 Å². The number of aromatic amines is 2. The standard InChI is InChI=1S/C41H50N8O5/c1-26(2)35(47-39(51)53-6)38(50)48-20-10-15-33(48)37-44-25-32(46-37)28-18-17-27(31(22-28)29-13-9-19-42-23-29)12-7-8-14-30-24-43-36(45-30)34-16-11-21-49(34)40(52)54-41(3,4)5/h7-9,12-14,17-19,22-26,33-35H,10-11,15-16,20-21H2,1-6H3,(H,43,45)(H,44,46)(H,47,51)/t33-,34-,35-/m0/s1. The number of ether oxygens (including phenoxy) is 2. The Morgan fingerprint density at radius 1 is 0.907 bits per heavy atom. The zero-order valence-electron chi connectivity index (χ0n) is 31.8. The fraction of sp³-hybridized carbons (Fsp3) is 0.415. The highest BCUT2D eigenvalue weighted by Gasteiger charge is 2.38. The van der Waals surface area contributed by atoms with E-state index < -0.39 is 17.7 Å². The van der Waals surface area contributed by atoms with Crippen LogP contribution in [0.4, 0.5) is 9.59 Å². The molecule has 5 heterocycles. The van der Waals surface area contributed by atoms with E-state index in [-0.39, 0.29) is 30.0 Å². The lowest BCUT2D eigenvalue weighted by Gasteiger charge is -2.30. The van der Waals surface area contributed by atoms with Crippen molar-refractivity contribution in [2.75, 3.05) is 20.2 Å². The van der Waals surface area contributed by atoms with Gasteiger partial charge in [0.15, 0.2) is 0 Å². The van der Waals surface area contributed by atoms with E-state index in [4.69, 9.17) is 14.5 Å². The largest absolute Gasteiger partial charge is 0.453 e. The Morgan fingerprint density at radius 3 is 2.31 bits per heavy atom. The number of carbonyl (C=O) groups excluding carboxylic acids is 3. The van der Waals surface area contributed by atoms with Crippen LogP contribution in [-0.2, 0) is 14.3 Å². The molecule has 13 nitrogen and oxygen atoms in total. The van der Waals surface area contributed by atoms with Crippen molar-refractivity contribution in [1.82, 2.24) is 40.0 Å². The minimum Gasteiger partial charge on any atom is -0.453 e. The molecule has 0 spiro atoms. The number of aromatic nitrogens is 5. The first-order valence-electron chi connectivity index (χ1n) is 18.6. The number of likely N-dealkylation sites (tertiary alicyclic amines) is 2. The van der Waals surface area contributed by atoms with Crippen molar-refractivity contribution in [1.29, 1.82) is 0 Å². The fourth-order valence-electron chi connectivity index (χ4n) is 7.00. The predicted octanol–water partition coefficient (Wildman–Crippen LogP) is 7.70. The van der Waals surface area contributed by atoms with Gasteiger partial charge in [-0.3, -0.25) is 14.7 Å². The zero-order valence-corrected chi connectivity index (χ0v) is 31.8. The molecule has 54 heavy (non-hydrogen) atoms. The number of pyridine rings is 1. The van der Waals surface area contributed by atoms with Gasteiger partial charge < -0.3 is 29.7 Å². The molecule has 0 bridgehead atoms. The minimum atomic E-state index is -0.698. The number of allylic oxidation sites excluding steroid dienone is 2. The molecule has 3 atom stereocenters. The van der Waals surface area contributed by atoms with Crippen molar-refractivity contribution < 1.29 is 23.9 Å². The van der Waals surface area contributed by atoms with Gasteiger partial charge >= 0.3 is 12.2 Å². The number of methoxy groups -OCH3 is 1. The first kappa shape index (κ1) is 38.0. The first-order valence-corrected chi connectivity index (χ1v) is 18.6. The molecule has 0 radical (unpaired) electrons. The normalized spacial score (nSPS) is 18.2. The Bertz CT molecular complexity index is 1990. The summed E-state index contributed by atoms with van der Waals surface area (Å²) in [6, 6.07) is 9.11. The molecule has 6 rings (SSSR count). The molecule has 3 N–H and O–H groups in total. The van der Waals surface area contributed by atoms with Crippen molar-refractivity contribution >= 4 is 30.2 Å². The predicted molar refractivity (Wildman–Crippen MR) is 207 cm³/mol. The summed E-state index contributed by atoms with van der Waals surface area (Å²) in [5, 5.41) is 2.70. The topological polar surface area (TPSA) is 158 Å². The third kappa shape index (κ3) is 8.90. The number of imidazole rings is 2. The summed E-state index contributed by atoms with van der Waals surface area (Å²) >= 11 is 0. The number of nitrogens with one attached hydrogen (secondary N) is 3. The lowest BCUT2D eigenvalue weighted by molar-refractivity contribution is -0.135. The number of rotatable bonds is 10. The van der Waals surface area contributed by atoms with Gasteiger partial charge in [-0.15, -0.1) is 0 Å². The number of benzene rings is 1.